The first-order valence-corrected chi connectivity index (χ1v) is 5.53. The largest absolute Gasteiger partial charge is 0.396 e. The summed E-state index contributed by atoms with van der Waals surface area (Å²) in [6.45, 7) is 5.71. The van der Waals surface area contributed by atoms with Crippen LogP contribution in [-0.2, 0) is 0 Å². The van der Waals surface area contributed by atoms with Crippen LogP contribution in [0.15, 0.2) is 0 Å². The smallest absolute Gasteiger partial charge is 0.0518 e. The first-order chi connectivity index (χ1) is 6.93. The van der Waals surface area contributed by atoms with Crippen molar-refractivity contribution in [1.29, 1.82) is 0 Å². The van der Waals surface area contributed by atoms with Crippen molar-refractivity contribution >= 4 is 0 Å². The molecule has 92 valence electrons. The van der Waals surface area contributed by atoms with E-state index in [2.05, 4.69) is 31.2 Å². The summed E-state index contributed by atoms with van der Waals surface area (Å²) in [6, 6.07) is 0.407. The predicted molar refractivity (Wildman–Crippen MR) is 62.9 cm³/mol. The maximum atomic E-state index is 9.11. The molecule has 4 heteroatoms. The van der Waals surface area contributed by atoms with E-state index in [4.69, 9.17) is 10.2 Å². The molecule has 0 aliphatic rings. The Labute approximate surface area is 93.3 Å². The molecule has 0 aromatic heterocycles. The van der Waals surface area contributed by atoms with Crippen LogP contribution >= 0.6 is 0 Å². The molecule has 0 saturated carbocycles. The topological polar surface area (TPSA) is 55.7 Å². The third-order valence-electron chi connectivity index (χ3n) is 2.65. The Balaban J connectivity index is 3.73. The summed E-state index contributed by atoms with van der Waals surface area (Å²) >= 11 is 0. The number of hydrogen-bond donors (Lipinski definition) is 3. The van der Waals surface area contributed by atoms with Gasteiger partial charge < -0.3 is 20.4 Å². The van der Waals surface area contributed by atoms with Gasteiger partial charge in [0.2, 0.25) is 0 Å². The van der Waals surface area contributed by atoms with E-state index in [1.165, 1.54) is 0 Å². The lowest BCUT2D eigenvalue weighted by Crippen LogP contribution is -2.42. The molecule has 0 aliphatic heterocycles. The Kier molecular flexibility index (Phi) is 7.09. The Hall–Kier alpha value is -0.160. The zero-order valence-corrected chi connectivity index (χ0v) is 10.5. The molecule has 1 atom stereocenters. The van der Waals surface area contributed by atoms with Gasteiger partial charge in [-0.05, 0) is 34.0 Å². The van der Waals surface area contributed by atoms with Crippen LogP contribution in [0.2, 0.25) is 0 Å². The fourth-order valence-electron chi connectivity index (χ4n) is 1.14. The SMILES string of the molecule is CC(CCN(C)C)NCC(C)(CO)CO. The van der Waals surface area contributed by atoms with Gasteiger partial charge in [-0.1, -0.05) is 6.92 Å². The fourth-order valence-corrected chi connectivity index (χ4v) is 1.14. The summed E-state index contributed by atoms with van der Waals surface area (Å²) in [5, 5.41) is 21.5. The highest BCUT2D eigenvalue weighted by molar-refractivity contribution is 4.76. The highest BCUT2D eigenvalue weighted by atomic mass is 16.3. The van der Waals surface area contributed by atoms with E-state index in [-0.39, 0.29) is 13.2 Å². The Morgan fingerprint density at radius 1 is 1.27 bits per heavy atom. The quantitative estimate of drug-likeness (QED) is 0.533. The molecule has 4 nitrogen and oxygen atoms in total. The number of nitrogens with one attached hydrogen (secondary N) is 1. The molecule has 0 aliphatic carbocycles. The van der Waals surface area contributed by atoms with Gasteiger partial charge in [0.1, 0.15) is 0 Å². The van der Waals surface area contributed by atoms with Crippen molar-refractivity contribution in [2.75, 3.05) is 40.4 Å². The summed E-state index contributed by atoms with van der Waals surface area (Å²) in [6.07, 6.45) is 1.07. The maximum Gasteiger partial charge on any atom is 0.0518 e. The molecule has 0 aromatic rings. The molecular formula is C11H26N2O2. The van der Waals surface area contributed by atoms with Gasteiger partial charge in [0.05, 0.1) is 13.2 Å². The van der Waals surface area contributed by atoms with Crippen molar-refractivity contribution in [2.24, 2.45) is 5.41 Å². The molecule has 0 heterocycles. The van der Waals surface area contributed by atoms with Crippen molar-refractivity contribution in [3.05, 3.63) is 0 Å². The Morgan fingerprint density at radius 2 is 1.80 bits per heavy atom. The second-order valence-electron chi connectivity index (χ2n) is 5.00. The van der Waals surface area contributed by atoms with Gasteiger partial charge in [0, 0.05) is 18.0 Å². The minimum Gasteiger partial charge on any atom is -0.396 e. The molecule has 0 bridgehead atoms. The minimum atomic E-state index is -0.410. The van der Waals surface area contributed by atoms with Crippen LogP contribution in [0.25, 0.3) is 0 Å². The van der Waals surface area contributed by atoms with Crippen LogP contribution in [0.5, 0.6) is 0 Å². The summed E-state index contributed by atoms with van der Waals surface area (Å²) < 4.78 is 0. The van der Waals surface area contributed by atoms with Gasteiger partial charge in [-0.25, -0.2) is 0 Å². The molecule has 3 N–H and O–H groups in total. The lowest BCUT2D eigenvalue weighted by Gasteiger charge is -2.27. The molecular weight excluding hydrogens is 192 g/mol. The van der Waals surface area contributed by atoms with Crippen LogP contribution < -0.4 is 5.32 Å². The molecule has 0 amide bonds. The second-order valence-corrected chi connectivity index (χ2v) is 5.00. The third-order valence-corrected chi connectivity index (χ3v) is 2.65. The van der Waals surface area contributed by atoms with Gasteiger partial charge >= 0.3 is 0 Å². The highest BCUT2D eigenvalue weighted by Crippen LogP contribution is 2.12. The van der Waals surface area contributed by atoms with Crippen LogP contribution in [0.3, 0.4) is 0 Å². The van der Waals surface area contributed by atoms with E-state index in [9.17, 15) is 0 Å². The number of rotatable bonds is 8. The van der Waals surface area contributed by atoms with E-state index in [0.29, 0.717) is 12.6 Å². The van der Waals surface area contributed by atoms with Gasteiger partial charge in [-0.3, -0.25) is 0 Å². The normalized spacial score (nSPS) is 14.6. The van der Waals surface area contributed by atoms with Crippen molar-refractivity contribution in [1.82, 2.24) is 10.2 Å². The van der Waals surface area contributed by atoms with E-state index >= 15 is 0 Å². The predicted octanol–water partition coefficient (Wildman–Crippen LogP) is -0.0929. The molecule has 0 saturated heterocycles. The van der Waals surface area contributed by atoms with E-state index in [1.807, 2.05) is 6.92 Å². The fraction of sp³-hybridized carbons (Fsp3) is 1.00. The molecule has 1 unspecified atom stereocenters. The van der Waals surface area contributed by atoms with Crippen LogP contribution in [0.4, 0.5) is 0 Å². The first kappa shape index (κ1) is 14.8. The number of nitrogens with zero attached hydrogens (tertiary/aromatic N) is 1. The summed E-state index contributed by atoms with van der Waals surface area (Å²) in [7, 11) is 4.11. The molecule has 15 heavy (non-hydrogen) atoms. The van der Waals surface area contributed by atoms with Crippen LogP contribution in [0, 0.1) is 5.41 Å². The monoisotopic (exact) mass is 218 g/mol. The van der Waals surface area contributed by atoms with Crippen LogP contribution in [0.1, 0.15) is 20.3 Å². The standard InChI is InChI=1S/C11H26N2O2/c1-10(5-6-13(3)4)12-7-11(2,8-14)9-15/h10,12,14-15H,5-9H2,1-4H3. The van der Waals surface area contributed by atoms with Crippen LogP contribution in [-0.4, -0.2) is 61.6 Å². The first-order valence-electron chi connectivity index (χ1n) is 5.53. The second kappa shape index (κ2) is 7.17. The van der Waals surface area contributed by atoms with Gasteiger partial charge in [-0.2, -0.15) is 0 Å². The van der Waals surface area contributed by atoms with E-state index in [1.54, 1.807) is 0 Å². The van der Waals surface area contributed by atoms with Gasteiger partial charge in [0.25, 0.3) is 0 Å². The third kappa shape index (κ3) is 6.84. The molecule has 0 fully saturated rings. The Bertz CT molecular complexity index is 159. The Morgan fingerprint density at radius 3 is 2.20 bits per heavy atom. The summed E-state index contributed by atoms with van der Waals surface area (Å²) in [4.78, 5) is 2.15. The number of aliphatic hydroxyl groups excluding tert-OH is 2. The average Bonchev–Trinajstić information content (AvgIpc) is 2.23. The van der Waals surface area contributed by atoms with Crippen molar-refractivity contribution < 1.29 is 10.2 Å². The number of aliphatic hydroxyl groups is 2. The molecule has 0 rings (SSSR count). The minimum absolute atomic E-state index is 0.0108. The van der Waals surface area contributed by atoms with Crippen molar-refractivity contribution in [3.8, 4) is 0 Å². The number of hydrogen-bond acceptors (Lipinski definition) is 4. The van der Waals surface area contributed by atoms with Crippen molar-refractivity contribution in [3.63, 3.8) is 0 Å². The highest BCUT2D eigenvalue weighted by Gasteiger charge is 2.22. The average molecular weight is 218 g/mol. The molecule has 0 radical (unpaired) electrons. The molecule has 0 aromatic carbocycles. The van der Waals surface area contributed by atoms with Crippen molar-refractivity contribution in [2.45, 2.75) is 26.3 Å². The zero-order valence-electron chi connectivity index (χ0n) is 10.5. The maximum absolute atomic E-state index is 9.11. The van der Waals surface area contributed by atoms with Gasteiger partial charge in [-0.15, -0.1) is 0 Å². The summed E-state index contributed by atoms with van der Waals surface area (Å²) in [5.74, 6) is 0. The lowest BCUT2D eigenvalue weighted by atomic mass is 9.92. The zero-order chi connectivity index (χ0) is 11.9. The van der Waals surface area contributed by atoms with E-state index in [0.717, 1.165) is 13.0 Å². The molecule has 0 spiro atoms. The van der Waals surface area contributed by atoms with E-state index < -0.39 is 5.41 Å². The van der Waals surface area contributed by atoms with Gasteiger partial charge in [0.15, 0.2) is 0 Å². The summed E-state index contributed by atoms with van der Waals surface area (Å²) in [5.41, 5.74) is -0.410. The lowest BCUT2D eigenvalue weighted by molar-refractivity contribution is 0.0673.